The maximum Gasteiger partial charge on any atom is 0.193 e. The smallest absolute Gasteiger partial charge is 0.193 e. The van der Waals surface area contributed by atoms with E-state index in [0.717, 1.165) is 17.5 Å². The Balaban J connectivity index is 2.08. The summed E-state index contributed by atoms with van der Waals surface area (Å²) in [5.74, 6) is 0.654. The fourth-order valence-electron chi connectivity index (χ4n) is 2.72. The minimum Gasteiger partial charge on any atom is -0.311 e. The van der Waals surface area contributed by atoms with Crippen molar-refractivity contribution < 1.29 is 4.79 Å². The Morgan fingerprint density at radius 3 is 1.96 bits per heavy atom. The Kier molecular flexibility index (Phi) is 6.12. The molecule has 0 heterocycles. The van der Waals surface area contributed by atoms with Gasteiger partial charge < -0.3 is 5.32 Å². The van der Waals surface area contributed by atoms with Crippen LogP contribution in [0, 0.1) is 5.92 Å². The van der Waals surface area contributed by atoms with Gasteiger partial charge >= 0.3 is 0 Å². The first kappa shape index (κ1) is 17.4. The van der Waals surface area contributed by atoms with Crippen LogP contribution < -0.4 is 5.32 Å². The van der Waals surface area contributed by atoms with Crippen molar-refractivity contribution in [3.8, 4) is 0 Å². The fourth-order valence-corrected chi connectivity index (χ4v) is 2.72. The summed E-state index contributed by atoms with van der Waals surface area (Å²) >= 11 is 0. The lowest BCUT2D eigenvalue weighted by Crippen LogP contribution is -2.40. The summed E-state index contributed by atoms with van der Waals surface area (Å²) in [6, 6.07) is 18.4. The zero-order valence-corrected chi connectivity index (χ0v) is 14.5. The lowest BCUT2D eigenvalue weighted by molar-refractivity contribution is 0.103. The van der Waals surface area contributed by atoms with Crippen LogP contribution in [-0.4, -0.2) is 17.9 Å². The van der Waals surface area contributed by atoms with Crippen LogP contribution in [0.5, 0.6) is 0 Å². The van der Waals surface area contributed by atoms with E-state index in [1.54, 1.807) is 0 Å². The van der Waals surface area contributed by atoms with E-state index in [4.69, 9.17) is 0 Å². The average molecular weight is 309 g/mol. The molecule has 1 N–H and O–H groups in total. The molecule has 23 heavy (non-hydrogen) atoms. The molecule has 0 radical (unpaired) electrons. The van der Waals surface area contributed by atoms with Gasteiger partial charge in [0.2, 0.25) is 0 Å². The van der Waals surface area contributed by atoms with Gasteiger partial charge in [0.15, 0.2) is 5.78 Å². The standard InChI is InChI=1S/C21H27NO/c1-15(2)20(22-16(3)4)14-17-10-12-19(13-11-17)21(23)18-8-6-5-7-9-18/h5-13,15-16,20,22H,14H2,1-4H3/t20-/m1/s1. The zero-order valence-electron chi connectivity index (χ0n) is 14.5. The second-order valence-electron chi connectivity index (χ2n) is 6.77. The van der Waals surface area contributed by atoms with Crippen LogP contribution in [0.1, 0.15) is 49.2 Å². The van der Waals surface area contributed by atoms with E-state index in [1.165, 1.54) is 5.56 Å². The highest BCUT2D eigenvalue weighted by Gasteiger charge is 2.15. The Morgan fingerprint density at radius 2 is 1.43 bits per heavy atom. The van der Waals surface area contributed by atoms with E-state index in [2.05, 4.69) is 45.1 Å². The Morgan fingerprint density at radius 1 is 0.870 bits per heavy atom. The van der Waals surface area contributed by atoms with E-state index in [9.17, 15) is 4.79 Å². The fraction of sp³-hybridized carbons (Fsp3) is 0.381. The molecule has 0 aromatic heterocycles. The summed E-state index contributed by atoms with van der Waals surface area (Å²) in [7, 11) is 0. The quantitative estimate of drug-likeness (QED) is 0.764. The Labute approximate surface area is 139 Å². The van der Waals surface area contributed by atoms with Crippen molar-refractivity contribution in [2.75, 3.05) is 0 Å². The molecule has 122 valence electrons. The van der Waals surface area contributed by atoms with Gasteiger partial charge in [-0.05, 0) is 17.9 Å². The van der Waals surface area contributed by atoms with Gasteiger partial charge in [-0.2, -0.15) is 0 Å². The molecule has 0 saturated heterocycles. The molecule has 0 unspecified atom stereocenters. The third kappa shape index (κ3) is 5.04. The van der Waals surface area contributed by atoms with Crippen LogP contribution in [0.2, 0.25) is 0 Å². The van der Waals surface area contributed by atoms with Crippen LogP contribution in [0.25, 0.3) is 0 Å². The molecule has 2 heteroatoms. The SMILES string of the molecule is CC(C)N[C@H](Cc1ccc(C(=O)c2ccccc2)cc1)C(C)C. The highest BCUT2D eigenvalue weighted by molar-refractivity contribution is 6.08. The molecule has 2 nitrogen and oxygen atoms in total. The second kappa shape index (κ2) is 8.07. The number of carbonyl (C=O) groups excluding carboxylic acids is 1. The van der Waals surface area contributed by atoms with Gasteiger partial charge in [-0.15, -0.1) is 0 Å². The summed E-state index contributed by atoms with van der Waals surface area (Å²) in [6.45, 7) is 8.84. The molecule has 2 aromatic rings. The third-order valence-corrected chi connectivity index (χ3v) is 4.06. The van der Waals surface area contributed by atoms with Crippen LogP contribution in [-0.2, 0) is 6.42 Å². The molecular formula is C21H27NO. The number of benzene rings is 2. The first-order valence-corrected chi connectivity index (χ1v) is 8.42. The number of rotatable bonds is 7. The molecule has 0 aliphatic heterocycles. The second-order valence-corrected chi connectivity index (χ2v) is 6.77. The minimum absolute atomic E-state index is 0.0814. The van der Waals surface area contributed by atoms with Gasteiger partial charge in [0.05, 0.1) is 0 Å². The number of carbonyl (C=O) groups is 1. The minimum atomic E-state index is 0.0814. The maximum absolute atomic E-state index is 12.4. The molecule has 0 saturated carbocycles. The number of hydrogen-bond donors (Lipinski definition) is 1. The van der Waals surface area contributed by atoms with Gasteiger partial charge in [0.25, 0.3) is 0 Å². The van der Waals surface area contributed by atoms with Crippen molar-refractivity contribution in [1.82, 2.24) is 5.32 Å². The molecule has 0 bridgehead atoms. The van der Waals surface area contributed by atoms with Gasteiger partial charge in [0.1, 0.15) is 0 Å². The van der Waals surface area contributed by atoms with Crippen molar-refractivity contribution in [1.29, 1.82) is 0 Å². The largest absolute Gasteiger partial charge is 0.311 e. The average Bonchev–Trinajstić information content (AvgIpc) is 2.54. The van der Waals surface area contributed by atoms with E-state index in [-0.39, 0.29) is 5.78 Å². The third-order valence-electron chi connectivity index (χ3n) is 4.06. The van der Waals surface area contributed by atoms with Crippen molar-refractivity contribution in [2.24, 2.45) is 5.92 Å². The molecular weight excluding hydrogens is 282 g/mol. The van der Waals surface area contributed by atoms with E-state index >= 15 is 0 Å². The Bertz CT molecular complexity index is 614. The van der Waals surface area contributed by atoms with E-state index < -0.39 is 0 Å². The molecule has 0 amide bonds. The molecule has 0 aliphatic rings. The van der Waals surface area contributed by atoms with E-state index in [0.29, 0.717) is 18.0 Å². The first-order valence-electron chi connectivity index (χ1n) is 8.42. The molecule has 0 fully saturated rings. The van der Waals surface area contributed by atoms with Crippen LogP contribution in [0.3, 0.4) is 0 Å². The first-order chi connectivity index (χ1) is 11.0. The van der Waals surface area contributed by atoms with E-state index in [1.807, 2.05) is 42.5 Å². The highest BCUT2D eigenvalue weighted by atomic mass is 16.1. The van der Waals surface area contributed by atoms with Gasteiger partial charge in [0, 0.05) is 23.2 Å². The lowest BCUT2D eigenvalue weighted by Gasteiger charge is -2.25. The molecule has 0 aliphatic carbocycles. The zero-order chi connectivity index (χ0) is 16.8. The van der Waals surface area contributed by atoms with Gasteiger partial charge in [-0.3, -0.25) is 4.79 Å². The van der Waals surface area contributed by atoms with Gasteiger partial charge in [-0.25, -0.2) is 0 Å². The normalized spacial score (nSPS) is 12.6. The van der Waals surface area contributed by atoms with Crippen LogP contribution >= 0.6 is 0 Å². The number of nitrogens with one attached hydrogen (secondary N) is 1. The van der Waals surface area contributed by atoms with Gasteiger partial charge in [-0.1, -0.05) is 82.3 Å². The summed E-state index contributed by atoms with van der Waals surface area (Å²) in [4.78, 5) is 12.4. The number of ketones is 1. The van der Waals surface area contributed by atoms with Crippen LogP contribution in [0.4, 0.5) is 0 Å². The summed E-state index contributed by atoms with van der Waals surface area (Å²) in [5.41, 5.74) is 2.75. The predicted octanol–water partition coefficient (Wildman–Crippen LogP) is 4.48. The molecule has 2 aromatic carbocycles. The topological polar surface area (TPSA) is 29.1 Å². The van der Waals surface area contributed by atoms with Crippen molar-refractivity contribution >= 4 is 5.78 Å². The lowest BCUT2D eigenvalue weighted by atomic mass is 9.94. The maximum atomic E-state index is 12.4. The van der Waals surface area contributed by atoms with Crippen molar-refractivity contribution in [3.63, 3.8) is 0 Å². The predicted molar refractivity (Wildman–Crippen MR) is 96.9 cm³/mol. The Hall–Kier alpha value is -1.93. The summed E-state index contributed by atoms with van der Waals surface area (Å²) in [5, 5.41) is 3.62. The summed E-state index contributed by atoms with van der Waals surface area (Å²) in [6.07, 6.45) is 0.982. The monoisotopic (exact) mass is 309 g/mol. The van der Waals surface area contributed by atoms with Crippen LogP contribution in [0.15, 0.2) is 54.6 Å². The van der Waals surface area contributed by atoms with Crippen molar-refractivity contribution in [2.45, 2.75) is 46.2 Å². The van der Waals surface area contributed by atoms with Crippen molar-refractivity contribution in [3.05, 3.63) is 71.3 Å². The molecule has 1 atom stereocenters. The number of hydrogen-bond acceptors (Lipinski definition) is 2. The summed E-state index contributed by atoms with van der Waals surface area (Å²) < 4.78 is 0. The highest BCUT2D eigenvalue weighted by Crippen LogP contribution is 2.15. The molecule has 0 spiro atoms. The molecule has 2 rings (SSSR count).